The summed E-state index contributed by atoms with van der Waals surface area (Å²) < 4.78 is 5.78. The molecule has 1 aliphatic heterocycles. The summed E-state index contributed by atoms with van der Waals surface area (Å²) in [6.45, 7) is 8.35. The minimum Gasteiger partial charge on any atom is -0.462 e. The van der Waals surface area contributed by atoms with Gasteiger partial charge in [0.25, 0.3) is 0 Å². The van der Waals surface area contributed by atoms with Crippen LogP contribution in [0.3, 0.4) is 0 Å². The lowest BCUT2D eigenvalue weighted by atomic mass is 9.96. The van der Waals surface area contributed by atoms with Crippen LogP contribution in [0.15, 0.2) is 24.5 Å². The molecule has 0 amide bonds. The van der Waals surface area contributed by atoms with Gasteiger partial charge >= 0.3 is 0 Å². The van der Waals surface area contributed by atoms with Crippen LogP contribution in [0.2, 0.25) is 0 Å². The molecule has 1 aliphatic rings. The summed E-state index contributed by atoms with van der Waals surface area (Å²) in [5, 5.41) is 0. The smallest absolute Gasteiger partial charge is 0.133 e. The quantitative estimate of drug-likeness (QED) is 0.625. The zero-order valence-electron chi connectivity index (χ0n) is 12.4. The minimum absolute atomic E-state index is 0.905. The topological polar surface area (TPSA) is 9.23 Å². The Balaban J connectivity index is 1.96. The predicted octanol–water partition coefficient (Wildman–Crippen LogP) is 5.35. The van der Waals surface area contributed by atoms with Crippen LogP contribution in [0, 0.1) is 6.92 Å². The molecule has 1 heteroatoms. The van der Waals surface area contributed by atoms with Crippen molar-refractivity contribution >= 4 is 0 Å². The van der Waals surface area contributed by atoms with Gasteiger partial charge in [0.15, 0.2) is 0 Å². The molecule has 0 saturated carbocycles. The van der Waals surface area contributed by atoms with Gasteiger partial charge in [0, 0.05) is 6.42 Å². The van der Waals surface area contributed by atoms with Gasteiger partial charge in [0.2, 0.25) is 0 Å². The Morgan fingerprint density at radius 2 is 1.89 bits per heavy atom. The summed E-state index contributed by atoms with van der Waals surface area (Å²) >= 11 is 0. The lowest BCUT2D eigenvalue weighted by molar-refractivity contribution is 0.378. The summed E-state index contributed by atoms with van der Waals surface area (Å²) in [5.74, 6) is 1.97. The van der Waals surface area contributed by atoms with Crippen LogP contribution in [0.5, 0.6) is 5.75 Å². The van der Waals surface area contributed by atoms with Crippen molar-refractivity contribution in [3.63, 3.8) is 0 Å². The average Bonchev–Trinajstić information content (AvgIpc) is 2.39. The van der Waals surface area contributed by atoms with Gasteiger partial charge in [0.1, 0.15) is 5.75 Å². The minimum atomic E-state index is 0.905. The first-order valence-electron chi connectivity index (χ1n) is 7.68. The Labute approximate surface area is 117 Å². The number of rotatable bonds is 6. The van der Waals surface area contributed by atoms with E-state index in [4.69, 9.17) is 4.74 Å². The molecule has 0 aliphatic carbocycles. The number of hydrogen-bond acceptors (Lipinski definition) is 1. The van der Waals surface area contributed by atoms with Gasteiger partial charge in [0.05, 0.1) is 5.76 Å². The lowest BCUT2D eigenvalue weighted by Crippen LogP contribution is -2.08. The first-order valence-corrected chi connectivity index (χ1v) is 7.68. The standard InChI is InChI=1S/C18H26O/c1-4-5-6-7-8-9-16-12-14(2)18-17(13-16)11-10-15(3)19-18/h12-13H,3-11H2,1-2H3. The van der Waals surface area contributed by atoms with Crippen LogP contribution in [0.4, 0.5) is 0 Å². The van der Waals surface area contributed by atoms with Crippen molar-refractivity contribution in [1.29, 1.82) is 0 Å². The molecular weight excluding hydrogens is 232 g/mol. The van der Waals surface area contributed by atoms with E-state index in [0.29, 0.717) is 0 Å². The van der Waals surface area contributed by atoms with Crippen LogP contribution < -0.4 is 4.74 Å². The third-order valence-electron chi connectivity index (χ3n) is 3.90. The molecule has 1 heterocycles. The molecular formula is C18H26O. The molecule has 0 spiro atoms. The van der Waals surface area contributed by atoms with Gasteiger partial charge in [-0.05, 0) is 42.9 Å². The fraction of sp³-hybridized carbons (Fsp3) is 0.556. The Bertz CT molecular complexity index is 445. The lowest BCUT2D eigenvalue weighted by Gasteiger charge is -2.21. The number of allylic oxidation sites excluding steroid dienone is 1. The van der Waals surface area contributed by atoms with Crippen molar-refractivity contribution < 1.29 is 4.74 Å². The summed E-state index contributed by atoms with van der Waals surface area (Å²) in [6.07, 6.45) is 9.99. The van der Waals surface area contributed by atoms with Crippen LogP contribution in [-0.4, -0.2) is 0 Å². The fourth-order valence-electron chi connectivity index (χ4n) is 2.81. The first-order chi connectivity index (χ1) is 9.20. The third kappa shape index (κ3) is 3.86. The second kappa shape index (κ2) is 6.79. The summed E-state index contributed by atoms with van der Waals surface area (Å²) in [5.41, 5.74) is 4.11. The zero-order chi connectivity index (χ0) is 13.7. The SMILES string of the molecule is C=C1CCc2cc(CCCCCCC)cc(C)c2O1. The average molecular weight is 258 g/mol. The highest BCUT2D eigenvalue weighted by atomic mass is 16.5. The Kier molecular flexibility index (Phi) is 5.07. The fourth-order valence-corrected chi connectivity index (χ4v) is 2.81. The molecule has 0 saturated heterocycles. The van der Waals surface area contributed by atoms with Gasteiger partial charge in [-0.3, -0.25) is 0 Å². The predicted molar refractivity (Wildman–Crippen MR) is 81.7 cm³/mol. The molecule has 0 atom stereocenters. The molecule has 0 unspecified atom stereocenters. The third-order valence-corrected chi connectivity index (χ3v) is 3.90. The van der Waals surface area contributed by atoms with E-state index < -0.39 is 0 Å². The maximum absolute atomic E-state index is 5.78. The Morgan fingerprint density at radius 1 is 1.11 bits per heavy atom. The molecule has 0 bridgehead atoms. The van der Waals surface area contributed by atoms with E-state index in [-0.39, 0.29) is 0 Å². The number of benzene rings is 1. The van der Waals surface area contributed by atoms with E-state index in [2.05, 4.69) is 32.6 Å². The zero-order valence-corrected chi connectivity index (χ0v) is 12.4. The number of hydrogen-bond donors (Lipinski definition) is 0. The monoisotopic (exact) mass is 258 g/mol. The number of fused-ring (bicyclic) bond motifs is 1. The first kappa shape index (κ1) is 14.2. The molecule has 1 nitrogen and oxygen atoms in total. The molecule has 1 aromatic rings. The maximum Gasteiger partial charge on any atom is 0.133 e. The summed E-state index contributed by atoms with van der Waals surface area (Å²) in [7, 11) is 0. The summed E-state index contributed by atoms with van der Waals surface area (Å²) in [4.78, 5) is 0. The molecule has 0 fully saturated rings. The van der Waals surface area contributed by atoms with Crippen LogP contribution in [-0.2, 0) is 12.8 Å². The van der Waals surface area contributed by atoms with Crippen LogP contribution in [0.25, 0.3) is 0 Å². The maximum atomic E-state index is 5.78. The molecule has 0 N–H and O–H groups in total. The van der Waals surface area contributed by atoms with Crippen molar-refractivity contribution in [2.45, 2.75) is 65.2 Å². The molecule has 1 aromatic carbocycles. The van der Waals surface area contributed by atoms with E-state index >= 15 is 0 Å². The van der Waals surface area contributed by atoms with E-state index in [1.54, 1.807) is 0 Å². The van der Waals surface area contributed by atoms with Crippen LogP contribution >= 0.6 is 0 Å². The van der Waals surface area contributed by atoms with Crippen molar-refractivity contribution in [2.24, 2.45) is 0 Å². The molecule has 2 rings (SSSR count). The second-order valence-corrected chi connectivity index (χ2v) is 5.71. The molecule has 0 radical (unpaired) electrons. The van der Waals surface area contributed by atoms with Gasteiger partial charge in [-0.15, -0.1) is 0 Å². The van der Waals surface area contributed by atoms with Crippen molar-refractivity contribution in [1.82, 2.24) is 0 Å². The van der Waals surface area contributed by atoms with E-state index in [9.17, 15) is 0 Å². The van der Waals surface area contributed by atoms with E-state index in [1.807, 2.05) is 0 Å². The van der Waals surface area contributed by atoms with Gasteiger partial charge in [-0.25, -0.2) is 0 Å². The second-order valence-electron chi connectivity index (χ2n) is 5.71. The van der Waals surface area contributed by atoms with Gasteiger partial charge in [-0.2, -0.15) is 0 Å². The Hall–Kier alpha value is -1.24. The molecule has 0 aromatic heterocycles. The number of aryl methyl sites for hydroxylation is 3. The van der Waals surface area contributed by atoms with E-state index in [1.165, 1.54) is 55.2 Å². The Morgan fingerprint density at radius 3 is 2.68 bits per heavy atom. The molecule has 19 heavy (non-hydrogen) atoms. The van der Waals surface area contributed by atoms with Crippen LogP contribution in [0.1, 0.15) is 62.1 Å². The van der Waals surface area contributed by atoms with Gasteiger partial charge in [-0.1, -0.05) is 51.3 Å². The molecule has 104 valence electrons. The number of unbranched alkanes of at least 4 members (excludes halogenated alkanes) is 4. The largest absolute Gasteiger partial charge is 0.462 e. The highest BCUT2D eigenvalue weighted by Gasteiger charge is 2.16. The van der Waals surface area contributed by atoms with Crippen molar-refractivity contribution in [2.75, 3.05) is 0 Å². The number of ether oxygens (including phenoxy) is 1. The van der Waals surface area contributed by atoms with Crippen molar-refractivity contribution in [3.05, 3.63) is 41.2 Å². The van der Waals surface area contributed by atoms with Gasteiger partial charge < -0.3 is 4.74 Å². The normalized spacial score (nSPS) is 14.1. The highest BCUT2D eigenvalue weighted by Crippen LogP contribution is 2.33. The highest BCUT2D eigenvalue weighted by molar-refractivity contribution is 5.46. The van der Waals surface area contributed by atoms with E-state index in [0.717, 1.165) is 24.4 Å². The van der Waals surface area contributed by atoms with Crippen molar-refractivity contribution in [3.8, 4) is 5.75 Å². The summed E-state index contributed by atoms with van der Waals surface area (Å²) in [6, 6.07) is 4.63.